The molecule has 0 amide bonds. The zero-order chi connectivity index (χ0) is 14.8. The van der Waals surface area contributed by atoms with E-state index in [1.807, 2.05) is 25.1 Å². The number of nitro benzene ring substituents is 1. The molecular formula is C16H23N3O2. The molecule has 0 bridgehead atoms. The van der Waals surface area contributed by atoms with E-state index >= 15 is 0 Å². The number of para-hydroxylation sites is 1. The first kappa shape index (κ1) is 14.3. The monoisotopic (exact) mass is 289 g/mol. The smallest absolute Gasteiger partial charge is 0.295 e. The van der Waals surface area contributed by atoms with E-state index in [0.717, 1.165) is 43.7 Å². The summed E-state index contributed by atoms with van der Waals surface area (Å²) in [7, 11) is 0. The van der Waals surface area contributed by atoms with Crippen molar-refractivity contribution in [2.24, 2.45) is 5.92 Å². The second-order valence-electron chi connectivity index (χ2n) is 6.30. The highest BCUT2D eigenvalue weighted by atomic mass is 16.6. The van der Waals surface area contributed by atoms with Crippen LogP contribution in [0.4, 0.5) is 11.4 Å². The van der Waals surface area contributed by atoms with Gasteiger partial charge in [0.1, 0.15) is 5.69 Å². The van der Waals surface area contributed by atoms with Crippen LogP contribution in [0, 0.1) is 23.0 Å². The molecule has 0 aromatic heterocycles. The van der Waals surface area contributed by atoms with Gasteiger partial charge in [-0.05, 0) is 57.7 Å². The summed E-state index contributed by atoms with van der Waals surface area (Å²) in [6.07, 6.45) is 4.74. The van der Waals surface area contributed by atoms with E-state index in [9.17, 15) is 10.1 Å². The van der Waals surface area contributed by atoms with Crippen molar-refractivity contribution >= 4 is 11.4 Å². The highest BCUT2D eigenvalue weighted by molar-refractivity contribution is 5.67. The maximum atomic E-state index is 11.4. The van der Waals surface area contributed by atoms with Gasteiger partial charge in [0.25, 0.3) is 5.69 Å². The number of rotatable bonds is 5. The van der Waals surface area contributed by atoms with Crippen LogP contribution in [0.15, 0.2) is 18.2 Å². The van der Waals surface area contributed by atoms with Gasteiger partial charge in [0, 0.05) is 18.2 Å². The Morgan fingerprint density at radius 2 is 2.19 bits per heavy atom. The van der Waals surface area contributed by atoms with Gasteiger partial charge in [-0.25, -0.2) is 0 Å². The first-order valence-electron chi connectivity index (χ1n) is 7.88. The molecule has 1 atom stereocenters. The van der Waals surface area contributed by atoms with E-state index in [2.05, 4.69) is 10.2 Å². The molecule has 3 rings (SSSR count). The van der Waals surface area contributed by atoms with Crippen molar-refractivity contribution in [2.75, 3.05) is 24.5 Å². The fourth-order valence-electron chi connectivity index (χ4n) is 3.30. The molecule has 0 spiro atoms. The van der Waals surface area contributed by atoms with Crippen molar-refractivity contribution < 1.29 is 4.92 Å². The zero-order valence-corrected chi connectivity index (χ0v) is 12.5. The first-order chi connectivity index (χ1) is 10.2. The standard InChI is InChI=1S/C16H23N3O2/c1-12-4-2-6-15(16(12)19(20)21)18(14-7-8-14)11-13-5-3-9-17-10-13/h2,4,6,13-14,17H,3,5,7-11H2,1H3. The number of hydrogen-bond acceptors (Lipinski definition) is 4. The minimum Gasteiger partial charge on any atom is -0.363 e. The number of anilines is 1. The quantitative estimate of drug-likeness (QED) is 0.669. The SMILES string of the molecule is Cc1cccc(N(CC2CCCNC2)C2CC2)c1[N+](=O)[O-]. The Hall–Kier alpha value is -1.62. The number of nitrogens with zero attached hydrogens (tertiary/aromatic N) is 2. The lowest BCUT2D eigenvalue weighted by atomic mass is 9.98. The summed E-state index contributed by atoms with van der Waals surface area (Å²) in [5.41, 5.74) is 1.85. The van der Waals surface area contributed by atoms with Gasteiger partial charge in [0.05, 0.1) is 4.92 Å². The second-order valence-corrected chi connectivity index (χ2v) is 6.30. The topological polar surface area (TPSA) is 58.4 Å². The largest absolute Gasteiger partial charge is 0.363 e. The Morgan fingerprint density at radius 3 is 2.81 bits per heavy atom. The first-order valence-corrected chi connectivity index (χ1v) is 7.88. The van der Waals surface area contributed by atoms with E-state index in [-0.39, 0.29) is 10.6 Å². The molecule has 0 radical (unpaired) electrons. The van der Waals surface area contributed by atoms with Gasteiger partial charge in [-0.3, -0.25) is 10.1 Å². The fourth-order valence-corrected chi connectivity index (χ4v) is 3.30. The van der Waals surface area contributed by atoms with Crippen molar-refractivity contribution in [3.8, 4) is 0 Å². The molecule has 1 aliphatic carbocycles. The van der Waals surface area contributed by atoms with Crippen molar-refractivity contribution in [1.82, 2.24) is 5.32 Å². The predicted molar refractivity (Wildman–Crippen MR) is 83.8 cm³/mol. The molecule has 5 heteroatoms. The summed E-state index contributed by atoms with van der Waals surface area (Å²) < 4.78 is 0. The second kappa shape index (κ2) is 6.02. The number of piperidine rings is 1. The Labute approximate surface area is 125 Å². The van der Waals surface area contributed by atoms with Crippen LogP contribution < -0.4 is 10.2 Å². The number of nitro groups is 1. The molecule has 1 aliphatic heterocycles. The molecule has 1 unspecified atom stereocenters. The molecule has 1 saturated carbocycles. The van der Waals surface area contributed by atoms with Crippen LogP contribution in [0.5, 0.6) is 0 Å². The Bertz CT molecular complexity index is 522. The third-order valence-corrected chi connectivity index (χ3v) is 4.55. The Balaban J connectivity index is 1.87. The average molecular weight is 289 g/mol. The molecule has 1 aromatic carbocycles. The van der Waals surface area contributed by atoms with E-state index < -0.39 is 0 Å². The highest BCUT2D eigenvalue weighted by Crippen LogP contribution is 2.39. The van der Waals surface area contributed by atoms with Gasteiger partial charge in [-0.1, -0.05) is 12.1 Å². The number of aryl methyl sites for hydroxylation is 1. The third-order valence-electron chi connectivity index (χ3n) is 4.55. The lowest BCUT2D eigenvalue weighted by molar-refractivity contribution is -0.384. The van der Waals surface area contributed by atoms with Crippen LogP contribution in [-0.4, -0.2) is 30.6 Å². The van der Waals surface area contributed by atoms with Crippen LogP contribution in [-0.2, 0) is 0 Å². The van der Waals surface area contributed by atoms with Crippen LogP contribution in [0.1, 0.15) is 31.2 Å². The van der Waals surface area contributed by atoms with E-state index in [1.165, 1.54) is 12.8 Å². The third kappa shape index (κ3) is 3.18. The molecule has 1 saturated heterocycles. The van der Waals surface area contributed by atoms with Crippen molar-refractivity contribution in [3.05, 3.63) is 33.9 Å². The summed E-state index contributed by atoms with van der Waals surface area (Å²) in [4.78, 5) is 13.5. The average Bonchev–Trinajstić information content (AvgIpc) is 3.30. The van der Waals surface area contributed by atoms with Gasteiger partial charge in [-0.15, -0.1) is 0 Å². The maximum absolute atomic E-state index is 11.4. The summed E-state index contributed by atoms with van der Waals surface area (Å²) in [5, 5.41) is 14.9. The molecule has 1 N–H and O–H groups in total. The van der Waals surface area contributed by atoms with Crippen LogP contribution in [0.3, 0.4) is 0 Å². The van der Waals surface area contributed by atoms with Gasteiger partial charge in [-0.2, -0.15) is 0 Å². The molecule has 1 aromatic rings. The molecular weight excluding hydrogens is 266 g/mol. The Morgan fingerprint density at radius 1 is 1.38 bits per heavy atom. The minimum absolute atomic E-state index is 0.223. The van der Waals surface area contributed by atoms with Crippen LogP contribution in [0.25, 0.3) is 0 Å². The molecule has 2 aliphatic rings. The van der Waals surface area contributed by atoms with E-state index in [1.54, 1.807) is 0 Å². The van der Waals surface area contributed by atoms with Crippen molar-refractivity contribution in [1.29, 1.82) is 0 Å². The number of nitrogens with one attached hydrogen (secondary N) is 1. The van der Waals surface area contributed by atoms with Crippen LogP contribution in [0.2, 0.25) is 0 Å². The number of hydrogen-bond donors (Lipinski definition) is 1. The zero-order valence-electron chi connectivity index (χ0n) is 12.5. The minimum atomic E-state index is -0.223. The molecule has 1 heterocycles. The molecule has 5 nitrogen and oxygen atoms in total. The maximum Gasteiger partial charge on any atom is 0.295 e. The van der Waals surface area contributed by atoms with Crippen molar-refractivity contribution in [3.63, 3.8) is 0 Å². The predicted octanol–water partition coefficient (Wildman–Crippen LogP) is 2.87. The van der Waals surface area contributed by atoms with Gasteiger partial charge in [0.15, 0.2) is 0 Å². The van der Waals surface area contributed by atoms with Gasteiger partial charge in [0.2, 0.25) is 0 Å². The van der Waals surface area contributed by atoms with Crippen molar-refractivity contribution in [2.45, 2.75) is 38.6 Å². The normalized spacial score (nSPS) is 22.0. The van der Waals surface area contributed by atoms with Gasteiger partial charge < -0.3 is 10.2 Å². The fraction of sp³-hybridized carbons (Fsp3) is 0.625. The number of benzene rings is 1. The van der Waals surface area contributed by atoms with Crippen LogP contribution >= 0.6 is 0 Å². The summed E-state index contributed by atoms with van der Waals surface area (Å²) in [6.45, 7) is 4.89. The summed E-state index contributed by atoms with van der Waals surface area (Å²) in [5.74, 6) is 0.597. The Kier molecular flexibility index (Phi) is 4.10. The molecule has 2 fully saturated rings. The molecule has 114 valence electrons. The molecule has 21 heavy (non-hydrogen) atoms. The van der Waals surface area contributed by atoms with E-state index in [0.29, 0.717) is 12.0 Å². The lowest BCUT2D eigenvalue weighted by Crippen LogP contribution is -2.39. The summed E-state index contributed by atoms with van der Waals surface area (Å²) in [6, 6.07) is 6.17. The summed E-state index contributed by atoms with van der Waals surface area (Å²) >= 11 is 0. The highest BCUT2D eigenvalue weighted by Gasteiger charge is 2.35. The van der Waals surface area contributed by atoms with E-state index in [4.69, 9.17) is 0 Å². The lowest BCUT2D eigenvalue weighted by Gasteiger charge is -2.31. The van der Waals surface area contributed by atoms with Gasteiger partial charge >= 0.3 is 0 Å².